The van der Waals surface area contributed by atoms with Gasteiger partial charge in [0, 0.05) is 31.8 Å². The van der Waals surface area contributed by atoms with Gasteiger partial charge in [0.25, 0.3) is 0 Å². The third-order valence-corrected chi connectivity index (χ3v) is 3.54. The summed E-state index contributed by atoms with van der Waals surface area (Å²) in [7, 11) is 0. The van der Waals surface area contributed by atoms with Crippen molar-refractivity contribution in [3.8, 4) is 0 Å². The molecule has 3 nitrogen and oxygen atoms in total. The first-order valence-electron chi connectivity index (χ1n) is 8.17. The lowest BCUT2D eigenvalue weighted by atomic mass is 10.1. The molecule has 0 aromatic heterocycles. The number of nitrogens with zero attached hydrogens (tertiary/aromatic N) is 1. The van der Waals surface area contributed by atoms with Crippen LogP contribution in [0.5, 0.6) is 0 Å². The predicted molar refractivity (Wildman–Crippen MR) is 84.8 cm³/mol. The lowest BCUT2D eigenvalue weighted by Gasteiger charge is -2.33. The van der Waals surface area contributed by atoms with Gasteiger partial charge in [-0.3, -0.25) is 4.90 Å². The van der Waals surface area contributed by atoms with E-state index in [2.05, 4.69) is 37.9 Å². The second-order valence-corrected chi connectivity index (χ2v) is 5.64. The molecule has 1 N–H and O–H groups in total. The summed E-state index contributed by atoms with van der Waals surface area (Å²) in [6.45, 7) is 16.3. The molecule has 3 heteroatoms. The van der Waals surface area contributed by atoms with Crippen molar-refractivity contribution in [1.82, 2.24) is 10.2 Å². The van der Waals surface area contributed by atoms with E-state index in [1.165, 1.54) is 25.8 Å². The van der Waals surface area contributed by atoms with Gasteiger partial charge in [-0.05, 0) is 53.6 Å². The quantitative estimate of drug-likeness (QED) is 0.521. The topological polar surface area (TPSA) is 24.5 Å². The molecule has 0 rings (SSSR count). The third-order valence-electron chi connectivity index (χ3n) is 3.54. The van der Waals surface area contributed by atoms with E-state index in [1.807, 2.05) is 6.92 Å². The summed E-state index contributed by atoms with van der Waals surface area (Å²) in [4.78, 5) is 2.62. The molecule has 0 heterocycles. The highest BCUT2D eigenvalue weighted by Crippen LogP contribution is 2.08. The van der Waals surface area contributed by atoms with Crippen LogP contribution in [0, 0.1) is 0 Å². The molecule has 1 unspecified atom stereocenters. The average Bonchev–Trinajstić information content (AvgIpc) is 2.38. The largest absolute Gasteiger partial charge is 0.382 e. The second kappa shape index (κ2) is 12.9. The Hall–Kier alpha value is -0.120. The Kier molecular flexibility index (Phi) is 12.8. The molecule has 0 saturated heterocycles. The smallest absolute Gasteiger partial charge is 0.0477 e. The van der Waals surface area contributed by atoms with E-state index in [-0.39, 0.29) is 0 Å². The first-order valence-corrected chi connectivity index (χ1v) is 8.17. The molecule has 1 atom stereocenters. The van der Waals surface area contributed by atoms with Gasteiger partial charge in [0.2, 0.25) is 0 Å². The number of rotatable bonds is 13. The van der Waals surface area contributed by atoms with Crippen LogP contribution in [0.4, 0.5) is 0 Å². The maximum absolute atomic E-state index is 5.34. The van der Waals surface area contributed by atoms with Crippen molar-refractivity contribution in [3.05, 3.63) is 0 Å². The molecule has 0 radical (unpaired) electrons. The molecule has 116 valence electrons. The van der Waals surface area contributed by atoms with Gasteiger partial charge in [0.05, 0.1) is 0 Å². The van der Waals surface area contributed by atoms with Crippen molar-refractivity contribution < 1.29 is 4.74 Å². The van der Waals surface area contributed by atoms with E-state index < -0.39 is 0 Å². The van der Waals surface area contributed by atoms with Crippen LogP contribution in [0.2, 0.25) is 0 Å². The number of hydrogen-bond donors (Lipinski definition) is 1. The number of hydrogen-bond acceptors (Lipinski definition) is 3. The van der Waals surface area contributed by atoms with Gasteiger partial charge < -0.3 is 10.1 Å². The van der Waals surface area contributed by atoms with Gasteiger partial charge in [-0.15, -0.1) is 0 Å². The molecule has 0 aromatic rings. The molecular weight excluding hydrogens is 236 g/mol. The van der Waals surface area contributed by atoms with Crippen molar-refractivity contribution in [2.24, 2.45) is 0 Å². The lowest BCUT2D eigenvalue weighted by Crippen LogP contribution is -2.45. The van der Waals surface area contributed by atoms with Crippen LogP contribution >= 0.6 is 0 Å². The standard InChI is InChI=1S/C16H36N2O/c1-6-8-9-12-18(15(3)4)16(5)14-17-11-10-13-19-7-2/h15-17H,6-14H2,1-5H3. The first-order chi connectivity index (χ1) is 9.13. The molecule has 0 aliphatic carbocycles. The third kappa shape index (κ3) is 10.3. The van der Waals surface area contributed by atoms with Gasteiger partial charge in [-0.1, -0.05) is 19.8 Å². The monoisotopic (exact) mass is 272 g/mol. The minimum Gasteiger partial charge on any atom is -0.382 e. The summed E-state index contributed by atoms with van der Waals surface area (Å²) in [5.41, 5.74) is 0. The minimum atomic E-state index is 0.615. The van der Waals surface area contributed by atoms with Gasteiger partial charge in [0.15, 0.2) is 0 Å². The van der Waals surface area contributed by atoms with Crippen LogP contribution in [-0.4, -0.2) is 49.8 Å². The van der Waals surface area contributed by atoms with Gasteiger partial charge >= 0.3 is 0 Å². The Morgan fingerprint density at radius 2 is 1.79 bits per heavy atom. The fraction of sp³-hybridized carbons (Fsp3) is 1.00. The van der Waals surface area contributed by atoms with Crippen molar-refractivity contribution in [3.63, 3.8) is 0 Å². The number of ether oxygens (including phenoxy) is 1. The van der Waals surface area contributed by atoms with E-state index in [0.717, 1.165) is 32.7 Å². The molecule has 19 heavy (non-hydrogen) atoms. The highest BCUT2D eigenvalue weighted by Gasteiger charge is 2.15. The normalized spacial score (nSPS) is 13.4. The van der Waals surface area contributed by atoms with Crippen LogP contribution in [0.15, 0.2) is 0 Å². The summed E-state index contributed by atoms with van der Waals surface area (Å²) in [6, 6.07) is 1.25. The summed E-state index contributed by atoms with van der Waals surface area (Å²) in [6.07, 6.45) is 5.08. The number of nitrogens with one attached hydrogen (secondary N) is 1. The van der Waals surface area contributed by atoms with Crippen LogP contribution in [0.25, 0.3) is 0 Å². The van der Waals surface area contributed by atoms with Gasteiger partial charge in [-0.2, -0.15) is 0 Å². The van der Waals surface area contributed by atoms with Crippen molar-refractivity contribution in [2.45, 2.75) is 72.4 Å². The van der Waals surface area contributed by atoms with E-state index in [1.54, 1.807) is 0 Å². The molecule has 0 fully saturated rings. The summed E-state index contributed by atoms with van der Waals surface area (Å²) in [5.74, 6) is 0. The molecule has 0 spiro atoms. The Morgan fingerprint density at radius 1 is 1.05 bits per heavy atom. The van der Waals surface area contributed by atoms with E-state index in [4.69, 9.17) is 4.74 Å². The van der Waals surface area contributed by atoms with Crippen LogP contribution in [-0.2, 0) is 4.74 Å². The summed E-state index contributed by atoms with van der Waals surface area (Å²) < 4.78 is 5.34. The zero-order chi connectivity index (χ0) is 14.5. The molecule has 0 bridgehead atoms. The second-order valence-electron chi connectivity index (χ2n) is 5.64. The fourth-order valence-corrected chi connectivity index (χ4v) is 2.40. The predicted octanol–water partition coefficient (Wildman–Crippen LogP) is 3.29. The van der Waals surface area contributed by atoms with Gasteiger partial charge in [-0.25, -0.2) is 0 Å². The minimum absolute atomic E-state index is 0.615. The zero-order valence-corrected chi connectivity index (χ0v) is 13.9. The summed E-state index contributed by atoms with van der Waals surface area (Å²) in [5, 5.41) is 3.55. The van der Waals surface area contributed by atoms with Crippen molar-refractivity contribution >= 4 is 0 Å². The molecule has 0 saturated carbocycles. The summed E-state index contributed by atoms with van der Waals surface area (Å²) >= 11 is 0. The van der Waals surface area contributed by atoms with E-state index >= 15 is 0 Å². The van der Waals surface area contributed by atoms with Crippen LogP contribution < -0.4 is 5.32 Å². The fourth-order valence-electron chi connectivity index (χ4n) is 2.40. The molecule has 0 amide bonds. The Morgan fingerprint density at radius 3 is 2.37 bits per heavy atom. The van der Waals surface area contributed by atoms with Gasteiger partial charge in [0.1, 0.15) is 0 Å². The number of unbranched alkanes of at least 4 members (excludes halogenated alkanes) is 2. The van der Waals surface area contributed by atoms with E-state index in [9.17, 15) is 0 Å². The first kappa shape index (κ1) is 18.9. The molecule has 0 aliphatic rings. The van der Waals surface area contributed by atoms with Crippen LogP contribution in [0.3, 0.4) is 0 Å². The van der Waals surface area contributed by atoms with E-state index in [0.29, 0.717) is 12.1 Å². The Balaban J connectivity index is 3.75. The molecule has 0 aromatic carbocycles. The maximum atomic E-state index is 5.34. The highest BCUT2D eigenvalue weighted by atomic mass is 16.5. The molecular formula is C16H36N2O. The Bertz CT molecular complexity index is 186. The zero-order valence-electron chi connectivity index (χ0n) is 13.9. The Labute approximate surface area is 121 Å². The maximum Gasteiger partial charge on any atom is 0.0477 e. The van der Waals surface area contributed by atoms with Crippen molar-refractivity contribution in [2.75, 3.05) is 32.8 Å². The SMILES string of the molecule is CCCCCN(C(C)C)C(C)CNCCCOCC. The van der Waals surface area contributed by atoms with Crippen LogP contribution in [0.1, 0.15) is 60.3 Å². The lowest BCUT2D eigenvalue weighted by molar-refractivity contribution is 0.140. The average molecular weight is 272 g/mol. The van der Waals surface area contributed by atoms with Crippen molar-refractivity contribution in [1.29, 1.82) is 0 Å². The highest BCUT2D eigenvalue weighted by molar-refractivity contribution is 4.73. The molecule has 0 aliphatic heterocycles.